The highest BCUT2D eigenvalue weighted by molar-refractivity contribution is 6.35. The molecule has 6 heteroatoms. The number of carbonyl (C=O) groups excluding carboxylic acids is 1. The Morgan fingerprint density at radius 1 is 1.35 bits per heavy atom. The van der Waals surface area contributed by atoms with Gasteiger partial charge in [-0.05, 0) is 50.8 Å². The minimum absolute atomic E-state index is 0.296. The first-order chi connectivity index (χ1) is 9.56. The van der Waals surface area contributed by atoms with E-state index in [0.29, 0.717) is 15.8 Å². The van der Waals surface area contributed by atoms with Gasteiger partial charge < -0.3 is 4.74 Å². The van der Waals surface area contributed by atoms with Crippen molar-refractivity contribution in [3.8, 4) is 5.75 Å². The summed E-state index contributed by atoms with van der Waals surface area (Å²) in [4.78, 5) is 11.9. The van der Waals surface area contributed by atoms with Crippen molar-refractivity contribution in [2.45, 2.75) is 38.7 Å². The molecule has 1 aromatic carbocycles. The Labute approximate surface area is 128 Å². The number of hydrogen-bond acceptors (Lipinski definition) is 3. The van der Waals surface area contributed by atoms with E-state index >= 15 is 0 Å². The molecule has 0 unspecified atom stereocenters. The minimum atomic E-state index is -0.681. The van der Waals surface area contributed by atoms with E-state index in [9.17, 15) is 4.79 Å². The molecule has 20 heavy (non-hydrogen) atoms. The summed E-state index contributed by atoms with van der Waals surface area (Å²) in [5.41, 5.74) is 3.57. The van der Waals surface area contributed by atoms with E-state index in [0.717, 1.165) is 31.4 Å². The van der Waals surface area contributed by atoms with Crippen LogP contribution >= 0.6 is 23.2 Å². The average Bonchev–Trinajstić information content (AvgIpc) is 2.92. The topological polar surface area (TPSA) is 50.7 Å². The first kappa shape index (κ1) is 15.1. The molecule has 0 aliphatic heterocycles. The highest BCUT2D eigenvalue weighted by atomic mass is 35.5. The smallest absolute Gasteiger partial charge is 0.280 e. The predicted molar refractivity (Wildman–Crippen MR) is 80.6 cm³/mol. The lowest BCUT2D eigenvalue weighted by atomic mass is 10.3. The number of hydrazone groups is 1. The third kappa shape index (κ3) is 4.12. The van der Waals surface area contributed by atoms with Gasteiger partial charge in [0.2, 0.25) is 0 Å². The van der Waals surface area contributed by atoms with Crippen LogP contribution in [-0.2, 0) is 4.79 Å². The van der Waals surface area contributed by atoms with Gasteiger partial charge in [-0.15, -0.1) is 0 Å². The minimum Gasteiger partial charge on any atom is -0.479 e. The molecule has 0 aromatic heterocycles. The van der Waals surface area contributed by atoms with Crippen LogP contribution in [0.4, 0.5) is 0 Å². The maximum absolute atomic E-state index is 11.9. The summed E-state index contributed by atoms with van der Waals surface area (Å²) < 4.78 is 5.51. The summed E-state index contributed by atoms with van der Waals surface area (Å²) in [6.07, 6.45) is 3.51. The number of nitrogens with one attached hydrogen (secondary N) is 1. The van der Waals surface area contributed by atoms with Crippen molar-refractivity contribution in [1.29, 1.82) is 0 Å². The molecule has 4 nitrogen and oxygen atoms in total. The number of carbonyl (C=O) groups is 1. The summed E-state index contributed by atoms with van der Waals surface area (Å²) in [7, 11) is 0. The second-order valence-electron chi connectivity index (χ2n) is 4.70. The first-order valence-electron chi connectivity index (χ1n) is 6.53. The Morgan fingerprint density at radius 3 is 2.70 bits per heavy atom. The largest absolute Gasteiger partial charge is 0.479 e. The van der Waals surface area contributed by atoms with Crippen molar-refractivity contribution in [3.05, 3.63) is 28.2 Å². The van der Waals surface area contributed by atoms with E-state index in [1.54, 1.807) is 25.1 Å². The van der Waals surface area contributed by atoms with E-state index in [-0.39, 0.29) is 5.91 Å². The molecule has 0 saturated heterocycles. The van der Waals surface area contributed by atoms with Gasteiger partial charge in [0.25, 0.3) is 5.91 Å². The van der Waals surface area contributed by atoms with Crippen molar-refractivity contribution in [3.63, 3.8) is 0 Å². The fourth-order valence-corrected chi connectivity index (χ4v) is 2.39. The number of ether oxygens (including phenoxy) is 1. The second kappa shape index (κ2) is 6.95. The highest BCUT2D eigenvalue weighted by Gasteiger charge is 2.16. The standard InChI is InChI=1S/C14H16Cl2N2O2/c1-9(14(19)18-17-11-4-2-3-5-11)20-13-7-6-10(15)8-12(13)16/h6-9H,2-5H2,1H3,(H,18,19)/t9-/m1/s1. The van der Waals surface area contributed by atoms with Gasteiger partial charge in [0.15, 0.2) is 6.10 Å². The van der Waals surface area contributed by atoms with Crippen LogP contribution in [-0.4, -0.2) is 17.7 Å². The van der Waals surface area contributed by atoms with E-state index in [1.807, 2.05) is 0 Å². The van der Waals surface area contributed by atoms with Gasteiger partial charge in [0.1, 0.15) is 5.75 Å². The zero-order valence-corrected chi connectivity index (χ0v) is 12.7. The zero-order chi connectivity index (χ0) is 14.5. The average molecular weight is 315 g/mol. The fourth-order valence-electron chi connectivity index (χ4n) is 1.93. The number of rotatable bonds is 4. The lowest BCUT2D eigenvalue weighted by molar-refractivity contribution is -0.127. The van der Waals surface area contributed by atoms with Crippen LogP contribution in [0, 0.1) is 0 Å². The molecule has 1 amide bonds. The maximum Gasteiger partial charge on any atom is 0.280 e. The van der Waals surface area contributed by atoms with Crippen LogP contribution < -0.4 is 10.2 Å². The Balaban J connectivity index is 1.91. The number of benzene rings is 1. The Hall–Kier alpha value is -1.26. The van der Waals surface area contributed by atoms with Crippen LogP contribution in [0.25, 0.3) is 0 Å². The second-order valence-corrected chi connectivity index (χ2v) is 5.54. The molecule has 0 bridgehead atoms. The molecule has 1 saturated carbocycles. The SMILES string of the molecule is C[C@@H](Oc1ccc(Cl)cc1Cl)C(=O)NN=C1CCCC1. The van der Waals surface area contributed by atoms with Crippen LogP contribution in [0.15, 0.2) is 23.3 Å². The van der Waals surface area contributed by atoms with E-state index < -0.39 is 6.10 Å². The van der Waals surface area contributed by atoms with Crippen molar-refractivity contribution in [2.24, 2.45) is 5.10 Å². The number of amides is 1. The third-order valence-electron chi connectivity index (χ3n) is 3.07. The van der Waals surface area contributed by atoms with Crippen molar-refractivity contribution in [1.82, 2.24) is 5.43 Å². The van der Waals surface area contributed by atoms with E-state index in [2.05, 4.69) is 10.5 Å². The van der Waals surface area contributed by atoms with Crippen LogP contribution in [0.1, 0.15) is 32.6 Å². The quantitative estimate of drug-likeness (QED) is 0.859. The number of nitrogens with zero attached hydrogens (tertiary/aromatic N) is 1. The summed E-state index contributed by atoms with van der Waals surface area (Å²) in [5.74, 6) is 0.127. The Kier molecular flexibility index (Phi) is 5.26. The summed E-state index contributed by atoms with van der Waals surface area (Å²) >= 11 is 11.8. The van der Waals surface area contributed by atoms with Crippen LogP contribution in [0.5, 0.6) is 5.75 Å². The zero-order valence-electron chi connectivity index (χ0n) is 11.2. The number of halogens is 2. The van der Waals surface area contributed by atoms with Gasteiger partial charge in [-0.2, -0.15) is 5.10 Å². The van der Waals surface area contributed by atoms with Crippen molar-refractivity contribution in [2.75, 3.05) is 0 Å². The van der Waals surface area contributed by atoms with Gasteiger partial charge in [-0.1, -0.05) is 23.2 Å². The first-order valence-corrected chi connectivity index (χ1v) is 7.29. The lowest BCUT2D eigenvalue weighted by Gasteiger charge is -2.14. The third-order valence-corrected chi connectivity index (χ3v) is 3.60. The molecule has 1 aliphatic rings. The Morgan fingerprint density at radius 2 is 2.05 bits per heavy atom. The fraction of sp³-hybridized carbons (Fsp3) is 0.429. The maximum atomic E-state index is 11.9. The molecular weight excluding hydrogens is 299 g/mol. The van der Waals surface area contributed by atoms with E-state index in [4.69, 9.17) is 27.9 Å². The van der Waals surface area contributed by atoms with Gasteiger partial charge >= 0.3 is 0 Å². The molecule has 1 aromatic rings. The Bertz CT molecular complexity index is 524. The molecule has 1 fully saturated rings. The number of hydrogen-bond donors (Lipinski definition) is 1. The normalized spacial score (nSPS) is 15.8. The molecule has 1 N–H and O–H groups in total. The van der Waals surface area contributed by atoms with Gasteiger partial charge in [-0.3, -0.25) is 4.79 Å². The summed E-state index contributed by atoms with van der Waals surface area (Å²) in [6, 6.07) is 4.87. The van der Waals surface area contributed by atoms with E-state index in [1.165, 1.54) is 0 Å². The highest BCUT2D eigenvalue weighted by Crippen LogP contribution is 2.28. The molecule has 0 spiro atoms. The van der Waals surface area contributed by atoms with Gasteiger partial charge in [-0.25, -0.2) is 5.43 Å². The van der Waals surface area contributed by atoms with Crippen molar-refractivity contribution < 1.29 is 9.53 Å². The molecule has 0 radical (unpaired) electrons. The van der Waals surface area contributed by atoms with Gasteiger partial charge in [0.05, 0.1) is 5.02 Å². The van der Waals surface area contributed by atoms with Crippen molar-refractivity contribution >= 4 is 34.8 Å². The molecule has 2 rings (SSSR count). The summed E-state index contributed by atoms with van der Waals surface area (Å²) in [5, 5.41) is 5.00. The van der Waals surface area contributed by atoms with Crippen LogP contribution in [0.3, 0.4) is 0 Å². The molecular formula is C14H16Cl2N2O2. The predicted octanol–water partition coefficient (Wildman–Crippen LogP) is 3.81. The monoisotopic (exact) mass is 314 g/mol. The summed E-state index contributed by atoms with van der Waals surface area (Å²) in [6.45, 7) is 1.65. The lowest BCUT2D eigenvalue weighted by Crippen LogP contribution is -2.33. The molecule has 1 aliphatic carbocycles. The van der Waals surface area contributed by atoms with Gasteiger partial charge in [0, 0.05) is 10.7 Å². The van der Waals surface area contributed by atoms with Crippen LogP contribution in [0.2, 0.25) is 10.0 Å². The molecule has 0 heterocycles. The molecule has 108 valence electrons. The molecule has 1 atom stereocenters.